The minimum Gasteiger partial charge on any atom is -0.328 e. The Bertz CT molecular complexity index is 206. The van der Waals surface area contributed by atoms with E-state index in [0.717, 1.165) is 6.04 Å². The molecule has 0 amide bonds. The van der Waals surface area contributed by atoms with Crippen LogP contribution < -0.4 is 16.4 Å². The Morgan fingerprint density at radius 3 is 2.59 bits per heavy atom. The molecule has 1 aliphatic carbocycles. The van der Waals surface area contributed by atoms with Gasteiger partial charge in [-0.2, -0.15) is 0 Å². The average Bonchev–Trinajstić information content (AvgIpc) is 2.33. The van der Waals surface area contributed by atoms with Gasteiger partial charge in [-0.05, 0) is 58.4 Å². The predicted molar refractivity (Wildman–Crippen MR) is 73.1 cm³/mol. The van der Waals surface area contributed by atoms with Crippen LogP contribution in [0, 0.1) is 0 Å². The molecule has 2 aliphatic rings. The Balaban J connectivity index is 1.64. The third-order valence-corrected chi connectivity index (χ3v) is 4.34. The highest BCUT2D eigenvalue weighted by Gasteiger charge is 2.21. The highest BCUT2D eigenvalue weighted by atomic mass is 15.0. The van der Waals surface area contributed by atoms with Crippen LogP contribution in [0.5, 0.6) is 0 Å². The molecular formula is C14H29N3. The van der Waals surface area contributed by atoms with Crippen molar-refractivity contribution in [1.82, 2.24) is 10.6 Å². The van der Waals surface area contributed by atoms with Crippen molar-refractivity contribution >= 4 is 0 Å². The van der Waals surface area contributed by atoms with Crippen molar-refractivity contribution in [2.45, 2.75) is 82.5 Å². The number of nitrogens with one attached hydrogen (secondary N) is 2. The number of rotatable bonds is 4. The molecule has 1 aliphatic heterocycles. The van der Waals surface area contributed by atoms with E-state index in [4.69, 9.17) is 5.73 Å². The molecule has 0 spiro atoms. The normalized spacial score (nSPS) is 36.7. The van der Waals surface area contributed by atoms with Crippen LogP contribution in [0.2, 0.25) is 0 Å². The van der Waals surface area contributed by atoms with Gasteiger partial charge in [-0.15, -0.1) is 0 Å². The molecule has 2 rings (SSSR count). The van der Waals surface area contributed by atoms with E-state index < -0.39 is 0 Å². The van der Waals surface area contributed by atoms with Crippen LogP contribution in [0.1, 0.15) is 58.3 Å². The second kappa shape index (κ2) is 6.72. The molecule has 0 bridgehead atoms. The van der Waals surface area contributed by atoms with Crippen molar-refractivity contribution in [2.24, 2.45) is 5.73 Å². The highest BCUT2D eigenvalue weighted by Crippen LogP contribution is 2.19. The van der Waals surface area contributed by atoms with Gasteiger partial charge in [-0.25, -0.2) is 0 Å². The Kier molecular flexibility index (Phi) is 5.26. The first-order chi connectivity index (χ1) is 8.24. The summed E-state index contributed by atoms with van der Waals surface area (Å²) in [6.07, 6.45) is 10.3. The minimum atomic E-state index is 0.461. The second-order valence-electron chi connectivity index (χ2n) is 6.06. The summed E-state index contributed by atoms with van der Waals surface area (Å²) >= 11 is 0. The van der Waals surface area contributed by atoms with Gasteiger partial charge < -0.3 is 16.4 Å². The molecule has 0 aromatic carbocycles. The van der Waals surface area contributed by atoms with E-state index in [1.165, 1.54) is 57.9 Å². The zero-order chi connectivity index (χ0) is 12.1. The summed E-state index contributed by atoms with van der Waals surface area (Å²) in [4.78, 5) is 0. The van der Waals surface area contributed by atoms with Crippen molar-refractivity contribution in [2.75, 3.05) is 6.54 Å². The first-order valence-corrected chi connectivity index (χ1v) is 7.49. The number of hydrogen-bond donors (Lipinski definition) is 3. The van der Waals surface area contributed by atoms with Gasteiger partial charge in [-0.3, -0.25) is 0 Å². The van der Waals surface area contributed by atoms with Gasteiger partial charge in [0.05, 0.1) is 0 Å². The van der Waals surface area contributed by atoms with Crippen LogP contribution in [0.4, 0.5) is 0 Å². The molecule has 2 atom stereocenters. The lowest BCUT2D eigenvalue weighted by molar-refractivity contribution is 0.287. The van der Waals surface area contributed by atoms with Crippen molar-refractivity contribution in [3.8, 4) is 0 Å². The lowest BCUT2D eigenvalue weighted by atomic mass is 9.90. The zero-order valence-electron chi connectivity index (χ0n) is 11.3. The molecule has 17 heavy (non-hydrogen) atoms. The summed E-state index contributed by atoms with van der Waals surface area (Å²) in [5, 5.41) is 7.43. The molecule has 1 saturated carbocycles. The summed E-state index contributed by atoms with van der Waals surface area (Å²) < 4.78 is 0. The van der Waals surface area contributed by atoms with Crippen LogP contribution in [-0.4, -0.2) is 30.7 Å². The summed E-state index contributed by atoms with van der Waals surface area (Å²) in [6.45, 7) is 3.56. The van der Waals surface area contributed by atoms with Crippen molar-refractivity contribution in [1.29, 1.82) is 0 Å². The van der Waals surface area contributed by atoms with E-state index in [2.05, 4.69) is 17.6 Å². The predicted octanol–water partition coefficient (Wildman–Crippen LogP) is 1.77. The van der Waals surface area contributed by atoms with E-state index in [1.807, 2.05) is 0 Å². The first-order valence-electron chi connectivity index (χ1n) is 7.49. The lowest BCUT2D eigenvalue weighted by Crippen LogP contribution is -2.45. The van der Waals surface area contributed by atoms with Crippen molar-refractivity contribution in [3.05, 3.63) is 0 Å². The average molecular weight is 239 g/mol. The maximum atomic E-state index is 5.94. The molecule has 3 heteroatoms. The van der Waals surface area contributed by atoms with Crippen molar-refractivity contribution in [3.63, 3.8) is 0 Å². The van der Waals surface area contributed by atoms with Crippen LogP contribution in [0.3, 0.4) is 0 Å². The Morgan fingerprint density at radius 1 is 1.18 bits per heavy atom. The summed E-state index contributed by atoms with van der Waals surface area (Å²) in [6, 6.07) is 2.57. The number of piperidine rings is 1. The molecule has 100 valence electrons. The van der Waals surface area contributed by atoms with E-state index >= 15 is 0 Å². The Labute approximate surface area is 106 Å². The number of hydrogen-bond acceptors (Lipinski definition) is 3. The quantitative estimate of drug-likeness (QED) is 0.701. The van der Waals surface area contributed by atoms with Gasteiger partial charge >= 0.3 is 0 Å². The van der Waals surface area contributed by atoms with Crippen LogP contribution in [0.25, 0.3) is 0 Å². The molecule has 0 aromatic rings. The fourth-order valence-corrected chi connectivity index (χ4v) is 3.31. The monoisotopic (exact) mass is 239 g/mol. The topological polar surface area (TPSA) is 50.1 Å². The van der Waals surface area contributed by atoms with Crippen LogP contribution in [-0.2, 0) is 0 Å². The molecular weight excluding hydrogens is 210 g/mol. The molecule has 2 fully saturated rings. The van der Waals surface area contributed by atoms with Gasteiger partial charge in [0.15, 0.2) is 0 Å². The number of nitrogens with two attached hydrogens (primary N) is 1. The van der Waals surface area contributed by atoms with Gasteiger partial charge in [0.25, 0.3) is 0 Å². The molecule has 1 saturated heterocycles. The third-order valence-electron chi connectivity index (χ3n) is 4.34. The fourth-order valence-electron chi connectivity index (χ4n) is 3.31. The minimum absolute atomic E-state index is 0.461. The van der Waals surface area contributed by atoms with E-state index in [9.17, 15) is 0 Å². The molecule has 1 heterocycles. The first kappa shape index (κ1) is 13.3. The van der Waals surface area contributed by atoms with Gasteiger partial charge in [0, 0.05) is 24.2 Å². The van der Waals surface area contributed by atoms with Crippen LogP contribution in [0.15, 0.2) is 0 Å². The molecule has 3 nitrogen and oxygen atoms in total. The van der Waals surface area contributed by atoms with Gasteiger partial charge in [-0.1, -0.05) is 6.42 Å². The van der Waals surface area contributed by atoms with E-state index in [1.54, 1.807) is 0 Å². The highest BCUT2D eigenvalue weighted by molar-refractivity contribution is 4.83. The lowest BCUT2D eigenvalue weighted by Gasteiger charge is -2.32. The molecule has 2 unspecified atom stereocenters. The van der Waals surface area contributed by atoms with Crippen molar-refractivity contribution < 1.29 is 0 Å². The Hall–Kier alpha value is -0.120. The van der Waals surface area contributed by atoms with E-state index in [-0.39, 0.29) is 0 Å². The van der Waals surface area contributed by atoms with Crippen LogP contribution >= 0.6 is 0 Å². The zero-order valence-corrected chi connectivity index (χ0v) is 11.3. The summed E-state index contributed by atoms with van der Waals surface area (Å²) in [7, 11) is 0. The van der Waals surface area contributed by atoms with Gasteiger partial charge in [0.1, 0.15) is 0 Å². The SMILES string of the molecule is CC(CC1CCCCN1)NC1CCC(N)CC1. The Morgan fingerprint density at radius 2 is 1.94 bits per heavy atom. The fraction of sp³-hybridized carbons (Fsp3) is 1.00. The third kappa shape index (κ3) is 4.57. The molecule has 0 radical (unpaired) electrons. The molecule has 4 N–H and O–H groups in total. The van der Waals surface area contributed by atoms with E-state index in [0.29, 0.717) is 18.1 Å². The second-order valence-corrected chi connectivity index (χ2v) is 6.06. The maximum Gasteiger partial charge on any atom is 0.00817 e. The maximum absolute atomic E-state index is 5.94. The standard InChI is InChI=1S/C14H29N3/c1-11(10-14-4-2-3-9-16-14)17-13-7-5-12(15)6-8-13/h11-14,16-17H,2-10,15H2,1H3. The van der Waals surface area contributed by atoms with Gasteiger partial charge in [0.2, 0.25) is 0 Å². The smallest absolute Gasteiger partial charge is 0.00817 e. The summed E-state index contributed by atoms with van der Waals surface area (Å²) in [5.41, 5.74) is 5.94. The largest absolute Gasteiger partial charge is 0.328 e. The summed E-state index contributed by atoms with van der Waals surface area (Å²) in [5.74, 6) is 0. The molecule has 0 aromatic heterocycles.